The molecule has 0 saturated heterocycles. The lowest BCUT2D eigenvalue weighted by atomic mass is 10.1. The number of carboxylic acids is 1. The van der Waals surface area contributed by atoms with E-state index in [2.05, 4.69) is 5.32 Å². The fourth-order valence-corrected chi connectivity index (χ4v) is 3.55. The van der Waals surface area contributed by atoms with Crippen LogP contribution in [-0.2, 0) is 19.4 Å². The van der Waals surface area contributed by atoms with Crippen molar-refractivity contribution in [1.82, 2.24) is 5.32 Å². The molecule has 0 aliphatic heterocycles. The SMILES string of the molecule is Cc1ccc(S(=O)(=O)C[C@@H](CC(=O)NC(C)(C)C)C(=O)O)cc1. The van der Waals surface area contributed by atoms with Gasteiger partial charge in [0.25, 0.3) is 0 Å². The van der Waals surface area contributed by atoms with Gasteiger partial charge < -0.3 is 10.4 Å². The van der Waals surface area contributed by atoms with E-state index in [9.17, 15) is 23.1 Å². The van der Waals surface area contributed by atoms with Gasteiger partial charge in [-0.3, -0.25) is 9.59 Å². The van der Waals surface area contributed by atoms with Crippen LogP contribution in [0.3, 0.4) is 0 Å². The molecule has 128 valence electrons. The number of aliphatic carboxylic acids is 1. The summed E-state index contributed by atoms with van der Waals surface area (Å²) in [7, 11) is -3.77. The highest BCUT2D eigenvalue weighted by Crippen LogP contribution is 2.17. The molecule has 0 aliphatic carbocycles. The van der Waals surface area contributed by atoms with Gasteiger partial charge in [-0.15, -0.1) is 0 Å². The number of carbonyl (C=O) groups excluding carboxylic acids is 1. The first-order valence-corrected chi connectivity index (χ1v) is 8.89. The van der Waals surface area contributed by atoms with Gasteiger partial charge in [-0.25, -0.2) is 8.42 Å². The van der Waals surface area contributed by atoms with Crippen LogP contribution in [-0.4, -0.2) is 36.7 Å². The van der Waals surface area contributed by atoms with Crippen molar-refractivity contribution in [3.8, 4) is 0 Å². The molecule has 7 heteroatoms. The van der Waals surface area contributed by atoms with Crippen molar-refractivity contribution in [2.24, 2.45) is 5.92 Å². The quantitative estimate of drug-likeness (QED) is 0.821. The van der Waals surface area contributed by atoms with Crippen molar-refractivity contribution in [3.63, 3.8) is 0 Å². The maximum Gasteiger partial charge on any atom is 0.308 e. The van der Waals surface area contributed by atoms with Crippen LogP contribution in [0.5, 0.6) is 0 Å². The minimum atomic E-state index is -3.77. The molecule has 0 fully saturated rings. The molecule has 23 heavy (non-hydrogen) atoms. The summed E-state index contributed by atoms with van der Waals surface area (Å²) in [4.78, 5) is 23.3. The van der Waals surface area contributed by atoms with E-state index in [0.717, 1.165) is 5.56 Å². The number of aryl methyl sites for hydroxylation is 1. The normalized spacial score (nSPS) is 13.4. The Bertz CT molecular complexity index is 671. The zero-order chi connectivity index (χ0) is 17.8. The number of carboxylic acid groups (broad SMARTS) is 1. The van der Waals surface area contributed by atoms with Gasteiger partial charge in [-0.2, -0.15) is 0 Å². The molecule has 0 aliphatic rings. The van der Waals surface area contributed by atoms with Gasteiger partial charge in [0.15, 0.2) is 9.84 Å². The standard InChI is InChI=1S/C16H23NO5S/c1-11-5-7-13(8-6-11)23(21,22)10-12(15(19)20)9-14(18)17-16(2,3)4/h5-8,12H,9-10H2,1-4H3,(H,17,18)(H,19,20)/t12-/m1/s1. The van der Waals surface area contributed by atoms with Crippen LogP contribution in [0.15, 0.2) is 29.2 Å². The maximum atomic E-state index is 12.3. The third kappa shape index (κ3) is 6.40. The van der Waals surface area contributed by atoms with E-state index in [1.165, 1.54) is 12.1 Å². The average molecular weight is 341 g/mol. The topological polar surface area (TPSA) is 101 Å². The number of nitrogens with one attached hydrogen (secondary N) is 1. The van der Waals surface area contributed by atoms with E-state index in [4.69, 9.17) is 0 Å². The highest BCUT2D eigenvalue weighted by atomic mass is 32.2. The van der Waals surface area contributed by atoms with Gasteiger partial charge >= 0.3 is 5.97 Å². The van der Waals surface area contributed by atoms with Gasteiger partial charge in [0.2, 0.25) is 5.91 Å². The number of hydrogen-bond acceptors (Lipinski definition) is 4. The van der Waals surface area contributed by atoms with E-state index in [0.29, 0.717) is 0 Å². The summed E-state index contributed by atoms with van der Waals surface area (Å²) in [6.45, 7) is 7.13. The van der Waals surface area contributed by atoms with Gasteiger partial charge in [0.05, 0.1) is 16.6 Å². The molecular weight excluding hydrogens is 318 g/mol. The molecule has 1 amide bonds. The zero-order valence-electron chi connectivity index (χ0n) is 13.8. The minimum Gasteiger partial charge on any atom is -0.481 e. The molecular formula is C16H23NO5S. The van der Waals surface area contributed by atoms with Crippen LogP contribution in [0.2, 0.25) is 0 Å². The summed E-state index contributed by atoms with van der Waals surface area (Å²) in [5.74, 6) is -3.68. The first-order chi connectivity index (χ1) is 10.4. The molecule has 0 aromatic heterocycles. The van der Waals surface area contributed by atoms with E-state index < -0.39 is 38.9 Å². The third-order valence-electron chi connectivity index (χ3n) is 3.10. The van der Waals surface area contributed by atoms with Gasteiger partial charge in [0, 0.05) is 12.0 Å². The van der Waals surface area contributed by atoms with Crippen LogP contribution < -0.4 is 5.32 Å². The number of rotatable bonds is 6. The van der Waals surface area contributed by atoms with Gasteiger partial charge in [0.1, 0.15) is 0 Å². The highest BCUT2D eigenvalue weighted by molar-refractivity contribution is 7.91. The first-order valence-electron chi connectivity index (χ1n) is 7.24. The van der Waals surface area contributed by atoms with E-state index >= 15 is 0 Å². The molecule has 2 N–H and O–H groups in total. The molecule has 1 atom stereocenters. The maximum absolute atomic E-state index is 12.3. The average Bonchev–Trinajstić information content (AvgIpc) is 2.35. The fraction of sp³-hybridized carbons (Fsp3) is 0.500. The van der Waals surface area contributed by atoms with E-state index in [1.54, 1.807) is 32.9 Å². The number of sulfone groups is 1. The van der Waals surface area contributed by atoms with Crippen molar-refractivity contribution >= 4 is 21.7 Å². The summed E-state index contributed by atoms with van der Waals surface area (Å²) in [6, 6.07) is 6.18. The Morgan fingerprint density at radius 2 is 1.70 bits per heavy atom. The molecule has 0 radical (unpaired) electrons. The number of benzene rings is 1. The molecule has 1 aromatic rings. The number of carbonyl (C=O) groups is 2. The Kier molecular flexibility index (Phi) is 5.93. The molecule has 0 unspecified atom stereocenters. The molecule has 0 bridgehead atoms. The minimum absolute atomic E-state index is 0.0607. The molecule has 1 aromatic carbocycles. The number of amides is 1. The van der Waals surface area contributed by atoms with Gasteiger partial charge in [-0.1, -0.05) is 17.7 Å². The summed E-state index contributed by atoms with van der Waals surface area (Å²) in [6.07, 6.45) is -0.377. The van der Waals surface area contributed by atoms with Crippen molar-refractivity contribution in [1.29, 1.82) is 0 Å². The monoisotopic (exact) mass is 341 g/mol. The summed E-state index contributed by atoms with van der Waals surface area (Å²) < 4.78 is 24.7. The van der Waals surface area contributed by atoms with Crippen molar-refractivity contribution in [3.05, 3.63) is 29.8 Å². The lowest BCUT2D eigenvalue weighted by molar-refractivity contribution is -0.143. The van der Waals surface area contributed by atoms with Crippen LogP contribution >= 0.6 is 0 Å². The summed E-state index contributed by atoms with van der Waals surface area (Å²) in [5, 5.41) is 11.9. The smallest absolute Gasteiger partial charge is 0.308 e. The zero-order valence-corrected chi connectivity index (χ0v) is 14.6. The second-order valence-electron chi connectivity index (χ2n) is 6.63. The lowest BCUT2D eigenvalue weighted by Crippen LogP contribution is -2.42. The first kappa shape index (κ1) is 19.2. The Labute approximate surface area is 136 Å². The largest absolute Gasteiger partial charge is 0.481 e. The lowest BCUT2D eigenvalue weighted by Gasteiger charge is -2.22. The Hall–Kier alpha value is -1.89. The second kappa shape index (κ2) is 7.12. The summed E-state index contributed by atoms with van der Waals surface area (Å²) in [5.41, 5.74) is 0.402. The molecule has 0 spiro atoms. The van der Waals surface area contributed by atoms with Crippen LogP contribution in [0.4, 0.5) is 0 Å². The predicted molar refractivity (Wildman–Crippen MR) is 86.9 cm³/mol. The van der Waals surface area contributed by atoms with Crippen molar-refractivity contribution in [2.75, 3.05) is 5.75 Å². The molecule has 6 nitrogen and oxygen atoms in total. The van der Waals surface area contributed by atoms with Gasteiger partial charge in [-0.05, 0) is 39.8 Å². The van der Waals surface area contributed by atoms with Crippen molar-refractivity contribution < 1.29 is 23.1 Å². The molecule has 1 rings (SSSR count). The van der Waals surface area contributed by atoms with Crippen LogP contribution in [0, 0.1) is 12.8 Å². The Balaban J connectivity index is 2.89. The van der Waals surface area contributed by atoms with Crippen LogP contribution in [0.1, 0.15) is 32.8 Å². The van der Waals surface area contributed by atoms with E-state index in [1.807, 2.05) is 6.92 Å². The third-order valence-corrected chi connectivity index (χ3v) is 4.93. The molecule has 0 heterocycles. The highest BCUT2D eigenvalue weighted by Gasteiger charge is 2.29. The second-order valence-corrected chi connectivity index (χ2v) is 8.67. The number of hydrogen-bond donors (Lipinski definition) is 2. The summed E-state index contributed by atoms with van der Waals surface area (Å²) >= 11 is 0. The Morgan fingerprint density at radius 3 is 2.13 bits per heavy atom. The fourth-order valence-electron chi connectivity index (χ4n) is 2.02. The van der Waals surface area contributed by atoms with Crippen LogP contribution in [0.25, 0.3) is 0 Å². The Morgan fingerprint density at radius 1 is 1.17 bits per heavy atom. The van der Waals surface area contributed by atoms with Crippen molar-refractivity contribution in [2.45, 2.75) is 44.6 Å². The predicted octanol–water partition coefficient (Wildman–Crippen LogP) is 1.77. The van der Waals surface area contributed by atoms with E-state index in [-0.39, 0.29) is 11.3 Å². The molecule has 0 saturated carbocycles.